The number of carbonyl (C=O) groups excluding carboxylic acids is 2. The molecule has 0 heterocycles. The van der Waals surface area contributed by atoms with Gasteiger partial charge in [0.05, 0.1) is 0 Å². The van der Waals surface area contributed by atoms with E-state index in [2.05, 4.69) is 0 Å². The van der Waals surface area contributed by atoms with E-state index < -0.39 is 0 Å². The number of hydrogen-bond donors (Lipinski definition) is 0. The second-order valence-electron chi connectivity index (χ2n) is 11.2. The van der Waals surface area contributed by atoms with Crippen molar-refractivity contribution in [2.24, 2.45) is 0 Å². The smallest absolute Gasteiger partial charge is 0.306 e. The van der Waals surface area contributed by atoms with Crippen LogP contribution in [0.3, 0.4) is 0 Å². The number of rotatable bonds is 25. The van der Waals surface area contributed by atoms with E-state index in [1.165, 1.54) is 89.9 Å². The van der Waals surface area contributed by atoms with Crippen molar-refractivity contribution < 1.29 is 19.1 Å². The average Bonchev–Trinajstić information content (AvgIpc) is 2.99. The largest absolute Gasteiger partial charge is 0.461 e. The van der Waals surface area contributed by atoms with Gasteiger partial charge in [-0.1, -0.05) is 163 Å². The van der Waals surface area contributed by atoms with Gasteiger partial charge in [-0.2, -0.15) is 0 Å². The molecular weight excluding hydrogens is 496 g/mol. The van der Waals surface area contributed by atoms with Crippen LogP contribution in [0, 0.1) is 0 Å². The SMILES string of the molecule is O=C(CCCCCCCCCCCCCCCCCCCCC(=O)OCc1ccccc1)OCc1ccccc1. The second kappa shape index (κ2) is 24.2. The van der Waals surface area contributed by atoms with E-state index in [0.717, 1.165) is 36.8 Å². The Morgan fingerprint density at radius 2 is 0.625 bits per heavy atom. The van der Waals surface area contributed by atoms with Crippen LogP contribution in [0.15, 0.2) is 60.7 Å². The monoisotopic (exact) mass is 550 g/mol. The van der Waals surface area contributed by atoms with E-state index in [1.807, 2.05) is 60.7 Å². The van der Waals surface area contributed by atoms with Crippen LogP contribution in [0.1, 0.15) is 140 Å². The molecule has 2 rings (SSSR count). The van der Waals surface area contributed by atoms with Crippen molar-refractivity contribution in [1.82, 2.24) is 0 Å². The lowest BCUT2D eigenvalue weighted by molar-refractivity contribution is -0.146. The standard InChI is InChI=1S/C36H54O4/c37-35(39-31-33-25-19-17-20-26-33)29-23-15-13-11-9-7-5-3-1-2-4-6-8-10-12-14-16-24-30-36(38)40-32-34-27-21-18-22-28-34/h17-22,25-28H,1-16,23-24,29-32H2. The molecule has 0 aliphatic heterocycles. The molecule has 4 nitrogen and oxygen atoms in total. The van der Waals surface area contributed by atoms with Gasteiger partial charge in [0.25, 0.3) is 0 Å². The fraction of sp³-hybridized carbons (Fsp3) is 0.611. The van der Waals surface area contributed by atoms with Crippen LogP contribution in [0.4, 0.5) is 0 Å². The van der Waals surface area contributed by atoms with Crippen molar-refractivity contribution in [2.75, 3.05) is 0 Å². The van der Waals surface area contributed by atoms with Crippen molar-refractivity contribution in [3.63, 3.8) is 0 Å². The third-order valence-electron chi connectivity index (χ3n) is 7.50. The number of unbranched alkanes of at least 4 members (excludes halogenated alkanes) is 17. The molecule has 222 valence electrons. The van der Waals surface area contributed by atoms with Crippen molar-refractivity contribution in [2.45, 2.75) is 142 Å². The van der Waals surface area contributed by atoms with Crippen LogP contribution in [0.2, 0.25) is 0 Å². The van der Waals surface area contributed by atoms with Crippen molar-refractivity contribution in [1.29, 1.82) is 0 Å². The van der Waals surface area contributed by atoms with Crippen LogP contribution < -0.4 is 0 Å². The highest BCUT2D eigenvalue weighted by Crippen LogP contribution is 2.15. The summed E-state index contributed by atoms with van der Waals surface area (Å²) in [6.07, 6.45) is 23.9. The van der Waals surface area contributed by atoms with E-state index in [4.69, 9.17) is 9.47 Å². The first-order chi connectivity index (χ1) is 19.7. The molecule has 0 unspecified atom stereocenters. The van der Waals surface area contributed by atoms with Crippen molar-refractivity contribution >= 4 is 11.9 Å². The quantitative estimate of drug-likeness (QED) is 0.0911. The van der Waals surface area contributed by atoms with Crippen molar-refractivity contribution in [3.05, 3.63) is 71.8 Å². The Labute approximate surface area is 244 Å². The molecule has 0 amide bonds. The number of benzene rings is 2. The van der Waals surface area contributed by atoms with Gasteiger partial charge in [0, 0.05) is 12.8 Å². The van der Waals surface area contributed by atoms with Gasteiger partial charge < -0.3 is 9.47 Å². The summed E-state index contributed by atoms with van der Waals surface area (Å²) in [5, 5.41) is 0. The molecule has 0 aromatic heterocycles. The Bertz CT molecular complexity index is 791. The molecule has 0 atom stereocenters. The molecule has 2 aromatic carbocycles. The molecular formula is C36H54O4. The van der Waals surface area contributed by atoms with E-state index in [0.29, 0.717) is 26.1 Å². The Kier molecular flexibility index (Phi) is 20.3. The molecule has 0 aliphatic rings. The summed E-state index contributed by atoms with van der Waals surface area (Å²) < 4.78 is 10.7. The number of ether oxygens (including phenoxy) is 2. The Hall–Kier alpha value is -2.62. The van der Waals surface area contributed by atoms with Crippen LogP contribution in [-0.4, -0.2) is 11.9 Å². The molecule has 0 saturated heterocycles. The highest BCUT2D eigenvalue weighted by molar-refractivity contribution is 5.69. The van der Waals surface area contributed by atoms with Gasteiger partial charge in [-0.25, -0.2) is 0 Å². The average molecular weight is 551 g/mol. The zero-order chi connectivity index (χ0) is 28.4. The highest BCUT2D eigenvalue weighted by atomic mass is 16.5. The van der Waals surface area contributed by atoms with Crippen LogP contribution in [0.5, 0.6) is 0 Å². The maximum Gasteiger partial charge on any atom is 0.306 e. The lowest BCUT2D eigenvalue weighted by Gasteiger charge is -2.06. The minimum absolute atomic E-state index is 0.0743. The number of esters is 2. The summed E-state index contributed by atoms with van der Waals surface area (Å²) in [5.74, 6) is -0.149. The molecule has 0 aliphatic carbocycles. The summed E-state index contributed by atoms with van der Waals surface area (Å²) in [7, 11) is 0. The lowest BCUT2D eigenvalue weighted by atomic mass is 10.0. The van der Waals surface area contributed by atoms with Gasteiger partial charge in [0.1, 0.15) is 13.2 Å². The van der Waals surface area contributed by atoms with Crippen molar-refractivity contribution in [3.8, 4) is 0 Å². The maximum atomic E-state index is 11.8. The predicted molar refractivity (Wildman–Crippen MR) is 165 cm³/mol. The Morgan fingerprint density at radius 1 is 0.375 bits per heavy atom. The predicted octanol–water partition coefficient (Wildman–Crippen LogP) is 10.3. The molecule has 0 saturated carbocycles. The normalized spacial score (nSPS) is 10.9. The number of hydrogen-bond acceptors (Lipinski definition) is 4. The topological polar surface area (TPSA) is 52.6 Å². The second-order valence-corrected chi connectivity index (χ2v) is 11.2. The number of carbonyl (C=O) groups is 2. The third kappa shape index (κ3) is 19.4. The molecule has 0 N–H and O–H groups in total. The zero-order valence-electron chi connectivity index (χ0n) is 25.0. The highest BCUT2D eigenvalue weighted by Gasteiger charge is 2.04. The third-order valence-corrected chi connectivity index (χ3v) is 7.50. The first-order valence-corrected chi connectivity index (χ1v) is 16.1. The van der Waals surface area contributed by atoms with E-state index >= 15 is 0 Å². The molecule has 2 aromatic rings. The van der Waals surface area contributed by atoms with Gasteiger partial charge >= 0.3 is 11.9 Å². The minimum Gasteiger partial charge on any atom is -0.461 e. The zero-order valence-corrected chi connectivity index (χ0v) is 25.0. The summed E-state index contributed by atoms with van der Waals surface area (Å²) >= 11 is 0. The molecule has 4 heteroatoms. The van der Waals surface area contributed by atoms with E-state index in [9.17, 15) is 9.59 Å². The summed E-state index contributed by atoms with van der Waals surface area (Å²) in [6, 6.07) is 19.7. The van der Waals surface area contributed by atoms with Crippen LogP contribution in [0.25, 0.3) is 0 Å². The van der Waals surface area contributed by atoms with Gasteiger partial charge in [-0.3, -0.25) is 9.59 Å². The molecule has 40 heavy (non-hydrogen) atoms. The van der Waals surface area contributed by atoms with E-state index in [-0.39, 0.29) is 11.9 Å². The summed E-state index contributed by atoms with van der Waals surface area (Å²) in [6.45, 7) is 0.774. The van der Waals surface area contributed by atoms with Gasteiger partial charge in [-0.15, -0.1) is 0 Å². The fourth-order valence-corrected chi connectivity index (χ4v) is 4.99. The first kappa shape index (κ1) is 33.6. The molecule has 0 bridgehead atoms. The maximum absolute atomic E-state index is 11.8. The fourth-order valence-electron chi connectivity index (χ4n) is 4.99. The Morgan fingerprint density at radius 3 is 0.900 bits per heavy atom. The first-order valence-electron chi connectivity index (χ1n) is 16.1. The van der Waals surface area contributed by atoms with Crippen LogP contribution in [-0.2, 0) is 32.3 Å². The Balaban J connectivity index is 1.22. The van der Waals surface area contributed by atoms with Gasteiger partial charge in [0.15, 0.2) is 0 Å². The molecule has 0 radical (unpaired) electrons. The van der Waals surface area contributed by atoms with Crippen LogP contribution >= 0.6 is 0 Å². The summed E-state index contributed by atoms with van der Waals surface area (Å²) in [4.78, 5) is 23.7. The minimum atomic E-state index is -0.0743. The van der Waals surface area contributed by atoms with Gasteiger partial charge in [-0.05, 0) is 24.0 Å². The van der Waals surface area contributed by atoms with E-state index in [1.54, 1.807) is 0 Å². The lowest BCUT2D eigenvalue weighted by Crippen LogP contribution is -2.04. The van der Waals surface area contributed by atoms with Gasteiger partial charge in [0.2, 0.25) is 0 Å². The summed E-state index contributed by atoms with van der Waals surface area (Å²) in [5.41, 5.74) is 2.10. The molecule has 0 fully saturated rings. The molecule has 0 spiro atoms.